The molecule has 0 bridgehead atoms. The largest absolute Gasteiger partial charge is 0.456 e. The fraction of sp³-hybridized carbons (Fsp3) is 0.0833. The molecule has 0 aliphatic heterocycles. The maximum atomic E-state index is 13.4. The molecule has 2 rings (SSSR count). The molecule has 0 amide bonds. The third kappa shape index (κ3) is 3.12. The number of ether oxygens (including phenoxy) is 1. The van der Waals surface area contributed by atoms with Gasteiger partial charge in [0.15, 0.2) is 5.69 Å². The van der Waals surface area contributed by atoms with E-state index in [1.807, 2.05) is 4.98 Å². The highest BCUT2D eigenvalue weighted by molar-refractivity contribution is 6.30. The molecule has 0 saturated heterocycles. The lowest BCUT2D eigenvalue weighted by Gasteiger charge is -2.05. The molecule has 20 heavy (non-hydrogen) atoms. The number of benzene rings is 1. The minimum Gasteiger partial charge on any atom is -0.456 e. The van der Waals surface area contributed by atoms with Gasteiger partial charge in [0.05, 0.1) is 0 Å². The minimum atomic E-state index is -1.40. The number of aromatic nitrogens is 2. The van der Waals surface area contributed by atoms with Crippen molar-refractivity contribution in [3.05, 3.63) is 67.2 Å². The highest BCUT2D eigenvalue weighted by atomic mass is 35.5. The smallest absolute Gasteiger partial charge is 0.358 e. The number of carbonyl (C=O) groups is 1. The molecule has 0 spiro atoms. The van der Waals surface area contributed by atoms with Crippen LogP contribution in [0.25, 0.3) is 0 Å². The first-order valence-electron chi connectivity index (χ1n) is 5.41. The van der Waals surface area contributed by atoms with Crippen molar-refractivity contribution in [3.63, 3.8) is 0 Å². The van der Waals surface area contributed by atoms with Crippen molar-refractivity contribution in [1.29, 1.82) is 0 Å². The number of carbonyl (C=O) groups excluding carboxylic acids is 1. The van der Waals surface area contributed by atoms with E-state index in [0.717, 1.165) is 0 Å². The third-order valence-corrected chi connectivity index (χ3v) is 2.62. The van der Waals surface area contributed by atoms with E-state index in [2.05, 4.69) is 0 Å². The van der Waals surface area contributed by atoms with Gasteiger partial charge in [-0.15, -0.1) is 0 Å². The predicted octanol–water partition coefficient (Wildman–Crippen LogP) is 1.21. The van der Waals surface area contributed by atoms with Gasteiger partial charge in [0.25, 0.3) is 5.56 Å². The number of halogens is 2. The molecule has 1 heterocycles. The van der Waals surface area contributed by atoms with Gasteiger partial charge in [-0.3, -0.25) is 14.8 Å². The number of nitrogens with one attached hydrogen (secondary N) is 2. The Morgan fingerprint density at radius 2 is 1.85 bits per heavy atom. The molecule has 2 N–H and O–H groups in total. The van der Waals surface area contributed by atoms with Gasteiger partial charge in [-0.1, -0.05) is 23.7 Å². The second-order valence-corrected chi connectivity index (χ2v) is 4.24. The zero-order valence-electron chi connectivity index (χ0n) is 9.91. The number of rotatable bonds is 3. The Labute approximate surface area is 116 Å². The highest BCUT2D eigenvalue weighted by Gasteiger charge is 2.18. The zero-order valence-corrected chi connectivity index (χ0v) is 10.7. The summed E-state index contributed by atoms with van der Waals surface area (Å²) >= 11 is 5.69. The van der Waals surface area contributed by atoms with E-state index in [-0.39, 0.29) is 6.61 Å². The van der Waals surface area contributed by atoms with E-state index in [4.69, 9.17) is 16.3 Å². The molecule has 0 aliphatic carbocycles. The van der Waals surface area contributed by atoms with Crippen molar-refractivity contribution in [2.24, 2.45) is 0 Å². The van der Waals surface area contributed by atoms with Crippen molar-refractivity contribution in [2.75, 3.05) is 0 Å². The van der Waals surface area contributed by atoms with Crippen molar-refractivity contribution in [1.82, 2.24) is 9.97 Å². The molecule has 6 nitrogen and oxygen atoms in total. The summed E-state index contributed by atoms with van der Waals surface area (Å²) in [5.74, 6) is -2.54. The third-order valence-electron chi connectivity index (χ3n) is 2.37. The summed E-state index contributed by atoms with van der Waals surface area (Å²) in [7, 11) is 0. The van der Waals surface area contributed by atoms with E-state index < -0.39 is 28.7 Å². The Bertz CT molecular complexity index is 751. The van der Waals surface area contributed by atoms with Crippen molar-refractivity contribution >= 4 is 17.6 Å². The number of aromatic amines is 2. The van der Waals surface area contributed by atoms with Crippen LogP contribution in [0.1, 0.15) is 16.1 Å². The number of H-pyrrole nitrogens is 2. The second kappa shape index (κ2) is 5.70. The highest BCUT2D eigenvalue weighted by Crippen LogP contribution is 2.11. The molecule has 0 aliphatic rings. The molecule has 1 aromatic carbocycles. The van der Waals surface area contributed by atoms with Crippen LogP contribution in [-0.2, 0) is 11.3 Å². The standard InChI is InChI=1S/C12H8ClFN2O4/c13-7-3-1-6(2-4-7)5-20-11(18)9-8(14)10(17)16-12(19)15-9/h1-4H,5H2,(H2,15,16,17,19). The molecule has 8 heteroatoms. The van der Waals surface area contributed by atoms with E-state index in [9.17, 15) is 18.8 Å². The van der Waals surface area contributed by atoms with Crippen molar-refractivity contribution < 1.29 is 13.9 Å². The summed E-state index contributed by atoms with van der Waals surface area (Å²) in [6.45, 7) is -0.149. The molecular weight excluding hydrogens is 291 g/mol. The molecular formula is C12H8ClFN2O4. The first kappa shape index (κ1) is 14.0. The summed E-state index contributed by atoms with van der Waals surface area (Å²) in [5, 5.41) is 0.519. The van der Waals surface area contributed by atoms with Crippen LogP contribution >= 0.6 is 11.6 Å². The lowest BCUT2D eigenvalue weighted by atomic mass is 10.2. The second-order valence-electron chi connectivity index (χ2n) is 3.80. The Hall–Kier alpha value is -2.41. The SMILES string of the molecule is O=C(OCc1ccc(Cl)cc1)c1[nH]c(=O)[nH]c(=O)c1F. The quantitative estimate of drug-likeness (QED) is 0.833. The average Bonchev–Trinajstić information content (AvgIpc) is 2.42. The molecule has 2 aromatic rings. The summed E-state index contributed by atoms with van der Waals surface area (Å²) in [4.78, 5) is 37.1. The average molecular weight is 299 g/mol. The van der Waals surface area contributed by atoms with Crippen molar-refractivity contribution in [2.45, 2.75) is 6.61 Å². The van der Waals surface area contributed by atoms with Gasteiger partial charge in [-0.2, -0.15) is 4.39 Å². The maximum absolute atomic E-state index is 13.4. The molecule has 0 atom stereocenters. The molecule has 0 fully saturated rings. The zero-order chi connectivity index (χ0) is 14.7. The van der Waals surface area contributed by atoms with Gasteiger partial charge >= 0.3 is 11.7 Å². The van der Waals surface area contributed by atoms with E-state index >= 15 is 0 Å². The normalized spacial score (nSPS) is 10.3. The predicted molar refractivity (Wildman–Crippen MR) is 68.2 cm³/mol. The van der Waals surface area contributed by atoms with Crippen LogP contribution in [0.2, 0.25) is 5.02 Å². The van der Waals surface area contributed by atoms with Gasteiger partial charge in [0.1, 0.15) is 6.61 Å². The number of hydrogen-bond acceptors (Lipinski definition) is 4. The summed E-state index contributed by atoms with van der Waals surface area (Å²) in [6, 6.07) is 6.43. The fourth-order valence-corrected chi connectivity index (χ4v) is 1.54. The van der Waals surface area contributed by atoms with E-state index in [1.165, 1.54) is 0 Å². The van der Waals surface area contributed by atoms with Crippen LogP contribution in [0.5, 0.6) is 0 Å². The summed E-state index contributed by atoms with van der Waals surface area (Å²) in [5.41, 5.74) is -2.47. The van der Waals surface area contributed by atoms with Crippen LogP contribution in [0.3, 0.4) is 0 Å². The first-order valence-corrected chi connectivity index (χ1v) is 5.79. The van der Waals surface area contributed by atoms with Crippen LogP contribution < -0.4 is 11.2 Å². The van der Waals surface area contributed by atoms with Gasteiger partial charge in [-0.05, 0) is 17.7 Å². The van der Waals surface area contributed by atoms with E-state index in [0.29, 0.717) is 10.6 Å². The number of esters is 1. The first-order chi connectivity index (χ1) is 9.47. The van der Waals surface area contributed by atoms with Crippen LogP contribution in [-0.4, -0.2) is 15.9 Å². The van der Waals surface area contributed by atoms with Gasteiger partial charge in [-0.25, -0.2) is 9.59 Å². The van der Waals surface area contributed by atoms with Crippen LogP contribution in [0, 0.1) is 5.82 Å². The van der Waals surface area contributed by atoms with E-state index in [1.54, 1.807) is 29.2 Å². The maximum Gasteiger partial charge on any atom is 0.358 e. The molecule has 104 valence electrons. The van der Waals surface area contributed by atoms with Crippen LogP contribution in [0.4, 0.5) is 4.39 Å². The van der Waals surface area contributed by atoms with Crippen molar-refractivity contribution in [3.8, 4) is 0 Å². The lowest BCUT2D eigenvalue weighted by Crippen LogP contribution is -2.29. The van der Waals surface area contributed by atoms with Gasteiger partial charge in [0, 0.05) is 5.02 Å². The molecule has 1 aromatic heterocycles. The minimum absolute atomic E-state index is 0.149. The molecule has 0 saturated carbocycles. The Morgan fingerprint density at radius 1 is 1.20 bits per heavy atom. The Morgan fingerprint density at radius 3 is 2.50 bits per heavy atom. The van der Waals surface area contributed by atoms with Crippen LogP contribution in [0.15, 0.2) is 33.9 Å². The van der Waals surface area contributed by atoms with Gasteiger partial charge in [0.2, 0.25) is 5.82 Å². The monoisotopic (exact) mass is 298 g/mol. The number of hydrogen-bond donors (Lipinski definition) is 2. The topological polar surface area (TPSA) is 92.0 Å². The molecule has 0 unspecified atom stereocenters. The summed E-state index contributed by atoms with van der Waals surface area (Å²) in [6.07, 6.45) is 0. The Balaban J connectivity index is 2.15. The van der Waals surface area contributed by atoms with Gasteiger partial charge < -0.3 is 4.74 Å². The fourth-order valence-electron chi connectivity index (χ4n) is 1.41. The molecule has 0 radical (unpaired) electrons. The summed E-state index contributed by atoms with van der Waals surface area (Å²) < 4.78 is 18.2. The Kier molecular flexibility index (Phi) is 3.99. The lowest BCUT2D eigenvalue weighted by molar-refractivity contribution is 0.0458.